The summed E-state index contributed by atoms with van der Waals surface area (Å²) in [4.78, 5) is 1.68. The van der Waals surface area contributed by atoms with Crippen molar-refractivity contribution in [3.63, 3.8) is 0 Å². The van der Waals surface area contributed by atoms with E-state index in [1.807, 2.05) is 30.3 Å². The average Bonchev–Trinajstić information content (AvgIpc) is 2.58. The smallest absolute Gasteiger partial charge is 0.145 e. The molecule has 1 aliphatic heterocycles. The van der Waals surface area contributed by atoms with Crippen LogP contribution >= 0.6 is 25.3 Å². The number of hydrogen-bond acceptors (Lipinski definition) is 3. The van der Waals surface area contributed by atoms with Gasteiger partial charge in [-0.15, -0.1) is 25.3 Å². The summed E-state index contributed by atoms with van der Waals surface area (Å²) in [5.74, 6) is 1.63. The largest absolute Gasteiger partial charge is 0.454 e. The molecular weight excluding hydrogens is 320 g/mol. The summed E-state index contributed by atoms with van der Waals surface area (Å²) in [5, 5.41) is 0. The molecule has 1 heterocycles. The lowest BCUT2D eigenvalue weighted by molar-refractivity contribution is 0.407. The molecule has 0 saturated carbocycles. The molecule has 0 radical (unpaired) electrons. The summed E-state index contributed by atoms with van der Waals surface area (Å²) in [6, 6.07) is 22.7. The molecule has 4 rings (SSSR count). The molecule has 0 atom stereocenters. The first-order chi connectivity index (χ1) is 11.1. The van der Waals surface area contributed by atoms with Crippen molar-refractivity contribution in [2.45, 2.75) is 22.1 Å². The summed E-state index contributed by atoms with van der Waals surface area (Å²) in [7, 11) is 0. The van der Waals surface area contributed by atoms with Crippen LogP contribution in [0.4, 0.5) is 0 Å². The standard InChI is InChI=1S/C20H16OS2/c1-20(13-7-3-2-4-8-13)14-9-5-11-16(22)18(14)21-19-15(20)10-6-12-17(19)23/h2-12,22-23H,1H3. The molecule has 0 amide bonds. The van der Waals surface area contributed by atoms with Crippen LogP contribution < -0.4 is 4.74 Å². The Kier molecular flexibility index (Phi) is 3.43. The monoisotopic (exact) mass is 336 g/mol. The average molecular weight is 336 g/mol. The summed E-state index contributed by atoms with van der Waals surface area (Å²) >= 11 is 9.20. The van der Waals surface area contributed by atoms with E-state index in [1.165, 1.54) is 5.56 Å². The Balaban J connectivity index is 2.11. The van der Waals surface area contributed by atoms with Gasteiger partial charge in [-0.1, -0.05) is 54.6 Å². The van der Waals surface area contributed by atoms with E-state index in [-0.39, 0.29) is 5.41 Å². The number of fused-ring (bicyclic) bond motifs is 2. The van der Waals surface area contributed by atoms with Crippen molar-refractivity contribution in [2.24, 2.45) is 0 Å². The highest BCUT2D eigenvalue weighted by molar-refractivity contribution is 7.80. The number of rotatable bonds is 1. The zero-order chi connectivity index (χ0) is 16.0. The Bertz CT molecular complexity index is 836. The molecule has 3 aromatic rings. The van der Waals surface area contributed by atoms with E-state index in [2.05, 4.69) is 68.6 Å². The second kappa shape index (κ2) is 5.36. The van der Waals surface area contributed by atoms with E-state index < -0.39 is 0 Å². The minimum atomic E-state index is -0.304. The Hall–Kier alpha value is -1.84. The van der Waals surface area contributed by atoms with E-state index >= 15 is 0 Å². The molecule has 114 valence electrons. The van der Waals surface area contributed by atoms with Gasteiger partial charge in [0, 0.05) is 26.3 Å². The molecule has 0 aliphatic carbocycles. The molecule has 0 spiro atoms. The minimum absolute atomic E-state index is 0.304. The predicted octanol–water partition coefficient (Wildman–Crippen LogP) is 5.72. The predicted molar refractivity (Wildman–Crippen MR) is 99.5 cm³/mol. The number of benzene rings is 3. The van der Waals surface area contributed by atoms with Crippen LogP contribution in [0, 0.1) is 0 Å². The maximum atomic E-state index is 6.20. The van der Waals surface area contributed by atoms with Gasteiger partial charge < -0.3 is 4.74 Å². The normalized spacial score (nSPS) is 14.6. The van der Waals surface area contributed by atoms with Gasteiger partial charge in [-0.3, -0.25) is 0 Å². The molecule has 0 N–H and O–H groups in total. The van der Waals surface area contributed by atoms with Crippen LogP contribution in [-0.2, 0) is 5.41 Å². The highest BCUT2D eigenvalue weighted by Crippen LogP contribution is 2.54. The van der Waals surface area contributed by atoms with Gasteiger partial charge in [-0.2, -0.15) is 0 Å². The van der Waals surface area contributed by atoms with E-state index in [0.29, 0.717) is 0 Å². The zero-order valence-electron chi connectivity index (χ0n) is 12.7. The molecule has 0 unspecified atom stereocenters. The topological polar surface area (TPSA) is 9.23 Å². The molecule has 3 aromatic carbocycles. The Morgan fingerprint density at radius 2 is 1.22 bits per heavy atom. The van der Waals surface area contributed by atoms with Crippen molar-refractivity contribution < 1.29 is 4.74 Å². The van der Waals surface area contributed by atoms with Crippen LogP contribution in [0.25, 0.3) is 0 Å². The van der Waals surface area contributed by atoms with Crippen molar-refractivity contribution in [3.8, 4) is 11.5 Å². The lowest BCUT2D eigenvalue weighted by Crippen LogP contribution is -2.29. The molecule has 23 heavy (non-hydrogen) atoms. The van der Waals surface area contributed by atoms with Crippen LogP contribution in [-0.4, -0.2) is 0 Å². The van der Waals surface area contributed by atoms with Crippen LogP contribution in [0.15, 0.2) is 76.5 Å². The minimum Gasteiger partial charge on any atom is -0.454 e. The van der Waals surface area contributed by atoms with Gasteiger partial charge in [0.25, 0.3) is 0 Å². The first-order valence-corrected chi connectivity index (χ1v) is 8.40. The van der Waals surface area contributed by atoms with Crippen molar-refractivity contribution >= 4 is 25.3 Å². The molecule has 0 bridgehead atoms. The first-order valence-electron chi connectivity index (χ1n) is 7.50. The van der Waals surface area contributed by atoms with Crippen molar-refractivity contribution in [2.75, 3.05) is 0 Å². The highest BCUT2D eigenvalue weighted by atomic mass is 32.1. The molecule has 1 nitrogen and oxygen atoms in total. The zero-order valence-corrected chi connectivity index (χ0v) is 14.4. The highest BCUT2D eigenvalue weighted by Gasteiger charge is 2.40. The number of para-hydroxylation sites is 2. The number of hydrogen-bond donors (Lipinski definition) is 2. The summed E-state index contributed by atoms with van der Waals surface area (Å²) in [6.07, 6.45) is 0. The Morgan fingerprint density at radius 1 is 0.696 bits per heavy atom. The van der Waals surface area contributed by atoms with Gasteiger partial charge in [-0.05, 0) is 24.6 Å². The fourth-order valence-electron chi connectivity index (χ4n) is 3.38. The van der Waals surface area contributed by atoms with Crippen molar-refractivity contribution in [3.05, 3.63) is 83.4 Å². The third-order valence-corrected chi connectivity index (χ3v) is 5.33. The fourth-order valence-corrected chi connectivity index (χ4v) is 3.89. The van der Waals surface area contributed by atoms with Crippen LogP contribution in [0.2, 0.25) is 0 Å². The quantitative estimate of drug-likeness (QED) is 0.540. The number of ether oxygens (including phenoxy) is 1. The second-order valence-corrected chi connectivity index (χ2v) is 6.86. The summed E-state index contributed by atoms with van der Waals surface area (Å²) in [6.45, 7) is 2.24. The SMILES string of the molecule is CC1(c2ccccc2)c2cccc(S)c2Oc2c(S)cccc21. The van der Waals surface area contributed by atoms with Crippen molar-refractivity contribution in [1.29, 1.82) is 0 Å². The Morgan fingerprint density at radius 3 is 1.74 bits per heavy atom. The molecule has 0 aromatic heterocycles. The van der Waals surface area contributed by atoms with Crippen LogP contribution in [0.1, 0.15) is 23.6 Å². The Labute approximate surface area is 147 Å². The van der Waals surface area contributed by atoms with E-state index in [9.17, 15) is 0 Å². The third kappa shape index (κ3) is 2.11. The van der Waals surface area contributed by atoms with Gasteiger partial charge in [0.1, 0.15) is 11.5 Å². The number of thiol groups is 2. The molecular formula is C20H16OS2. The lowest BCUT2D eigenvalue weighted by Gasteiger charge is -2.38. The van der Waals surface area contributed by atoms with Gasteiger partial charge in [0.05, 0.1) is 0 Å². The van der Waals surface area contributed by atoms with Gasteiger partial charge in [0.15, 0.2) is 0 Å². The van der Waals surface area contributed by atoms with Gasteiger partial charge >= 0.3 is 0 Å². The van der Waals surface area contributed by atoms with Crippen LogP contribution in [0.3, 0.4) is 0 Å². The molecule has 0 fully saturated rings. The van der Waals surface area contributed by atoms with E-state index in [4.69, 9.17) is 4.74 Å². The van der Waals surface area contributed by atoms with Crippen LogP contribution in [0.5, 0.6) is 11.5 Å². The first kappa shape index (κ1) is 14.7. The summed E-state index contributed by atoms with van der Waals surface area (Å²) in [5.41, 5.74) is 3.18. The van der Waals surface area contributed by atoms with Gasteiger partial charge in [0.2, 0.25) is 0 Å². The lowest BCUT2D eigenvalue weighted by atomic mass is 9.69. The third-order valence-electron chi connectivity index (χ3n) is 4.62. The second-order valence-electron chi connectivity index (χ2n) is 5.90. The molecule has 0 saturated heterocycles. The molecule has 3 heteroatoms. The summed E-state index contributed by atoms with van der Waals surface area (Å²) < 4.78 is 6.20. The van der Waals surface area contributed by atoms with Crippen molar-refractivity contribution in [1.82, 2.24) is 0 Å². The maximum Gasteiger partial charge on any atom is 0.145 e. The maximum absolute atomic E-state index is 6.20. The fraction of sp³-hybridized carbons (Fsp3) is 0.100. The molecule has 1 aliphatic rings. The van der Waals surface area contributed by atoms with E-state index in [1.54, 1.807) is 0 Å². The van der Waals surface area contributed by atoms with E-state index in [0.717, 1.165) is 32.4 Å². The van der Waals surface area contributed by atoms with Gasteiger partial charge in [-0.25, -0.2) is 0 Å².